The summed E-state index contributed by atoms with van der Waals surface area (Å²) in [5, 5.41) is 20.2. The number of imidazole rings is 1. The van der Waals surface area contributed by atoms with E-state index in [1.54, 1.807) is 0 Å². The normalized spacial score (nSPS) is 23.6. The first-order chi connectivity index (χ1) is 14.0. The van der Waals surface area contributed by atoms with Gasteiger partial charge in [-0.3, -0.25) is 9.36 Å². The Hall–Kier alpha value is -2.73. The van der Waals surface area contributed by atoms with E-state index in [0.717, 1.165) is 0 Å². The van der Waals surface area contributed by atoms with E-state index in [2.05, 4.69) is 26.8 Å². The van der Waals surface area contributed by atoms with Gasteiger partial charge in [0.15, 0.2) is 17.0 Å². The van der Waals surface area contributed by atoms with Crippen molar-refractivity contribution in [3.8, 4) is 24.7 Å². The maximum atomic E-state index is 12.4. The number of carbonyl (C=O) groups excluding carboxylic acids is 1. The van der Waals surface area contributed by atoms with Crippen LogP contribution in [0.5, 0.6) is 0 Å². The lowest BCUT2D eigenvalue weighted by Gasteiger charge is -2.23. The lowest BCUT2D eigenvalue weighted by atomic mass is 10.1. The number of nitrogens with zero attached hydrogens (tertiary/aromatic N) is 5. The van der Waals surface area contributed by atoms with Crippen molar-refractivity contribution >= 4 is 28.7 Å². The molecule has 1 saturated heterocycles. The third kappa shape index (κ3) is 4.17. The Morgan fingerprint density at radius 3 is 2.72 bits per heavy atom. The number of fused-ring (bicyclic) bond motifs is 1. The molecule has 3 rings (SSSR count). The van der Waals surface area contributed by atoms with Gasteiger partial charge < -0.3 is 24.6 Å². The predicted octanol–water partition coefficient (Wildman–Crippen LogP) is -0.790. The molecule has 4 atom stereocenters. The molecule has 10 nitrogen and oxygen atoms in total. The lowest BCUT2D eigenvalue weighted by molar-refractivity contribution is -0.141. The highest BCUT2D eigenvalue weighted by Crippen LogP contribution is 2.34. The van der Waals surface area contributed by atoms with Gasteiger partial charge in [-0.15, -0.1) is 12.8 Å². The molecule has 11 heteroatoms. The van der Waals surface area contributed by atoms with Crippen LogP contribution in [-0.4, -0.2) is 85.2 Å². The summed E-state index contributed by atoms with van der Waals surface area (Å²) in [5.74, 6) is 4.26. The summed E-state index contributed by atoms with van der Waals surface area (Å²) in [6.45, 7) is -0.791. The molecule has 0 bridgehead atoms. The minimum absolute atomic E-state index is 0.0282. The molecule has 2 N–H and O–H groups in total. The van der Waals surface area contributed by atoms with Crippen LogP contribution in [0.2, 0.25) is 5.15 Å². The highest BCUT2D eigenvalue weighted by atomic mass is 35.5. The zero-order valence-corrected chi connectivity index (χ0v) is 15.9. The third-order valence-corrected chi connectivity index (χ3v) is 4.67. The molecule has 3 heterocycles. The van der Waals surface area contributed by atoms with E-state index >= 15 is 0 Å². The van der Waals surface area contributed by atoms with Gasteiger partial charge in [-0.05, 0) is 0 Å². The Morgan fingerprint density at radius 2 is 2.07 bits per heavy atom. The summed E-state index contributed by atoms with van der Waals surface area (Å²) in [6, 6.07) is 0. The predicted molar refractivity (Wildman–Crippen MR) is 101 cm³/mol. The second-order valence-corrected chi connectivity index (χ2v) is 6.52. The quantitative estimate of drug-likeness (QED) is 0.442. The van der Waals surface area contributed by atoms with E-state index in [1.807, 2.05) is 0 Å². The molecular formula is C18H18ClN5O5. The lowest BCUT2D eigenvalue weighted by Crippen LogP contribution is -2.40. The molecule has 2 aromatic rings. The molecule has 29 heavy (non-hydrogen) atoms. The van der Waals surface area contributed by atoms with Crippen molar-refractivity contribution in [2.75, 3.05) is 26.3 Å². The minimum atomic E-state index is -1.21. The fraction of sp³-hybridized carbons (Fsp3) is 0.444. The standard InChI is InChI=1S/C18H18ClN5O5/c1-3-5-23(6-4-2)12(26)8-28-15-14(27)11(7-25)29-18(15)24-10-22-13-16(19)20-9-21-17(13)24/h1-2,9-11,14-15,18,25,27H,5-8H2/t11-,14-,15-,18-/m1/s1. The third-order valence-electron chi connectivity index (χ3n) is 4.40. The zero-order chi connectivity index (χ0) is 21.0. The first-order valence-electron chi connectivity index (χ1n) is 8.55. The number of ether oxygens (including phenoxy) is 2. The highest BCUT2D eigenvalue weighted by molar-refractivity contribution is 6.33. The molecule has 1 amide bonds. The SMILES string of the molecule is C#CCN(CC#C)C(=O)CO[C@@H]1[C@H](O)[C@@H](CO)O[C@H]1n1cnc2c(Cl)ncnc21. The number of rotatable bonds is 7. The van der Waals surface area contributed by atoms with Gasteiger partial charge in [0.05, 0.1) is 26.0 Å². The molecule has 0 aromatic carbocycles. The van der Waals surface area contributed by atoms with Crippen LogP contribution in [0.3, 0.4) is 0 Å². The van der Waals surface area contributed by atoms with Crippen molar-refractivity contribution in [2.24, 2.45) is 0 Å². The Balaban J connectivity index is 1.83. The van der Waals surface area contributed by atoms with Gasteiger partial charge in [0, 0.05) is 0 Å². The van der Waals surface area contributed by atoms with E-state index in [0.29, 0.717) is 11.2 Å². The summed E-state index contributed by atoms with van der Waals surface area (Å²) in [6.07, 6.45) is 9.12. The van der Waals surface area contributed by atoms with Crippen LogP contribution in [0, 0.1) is 24.7 Å². The summed E-state index contributed by atoms with van der Waals surface area (Å²) in [4.78, 5) is 25.8. The summed E-state index contributed by atoms with van der Waals surface area (Å²) in [7, 11) is 0. The number of hydrogen-bond donors (Lipinski definition) is 2. The Labute approximate surface area is 171 Å². The largest absolute Gasteiger partial charge is 0.394 e. The molecule has 1 fully saturated rings. The number of halogens is 1. The van der Waals surface area contributed by atoms with Gasteiger partial charge >= 0.3 is 0 Å². The van der Waals surface area contributed by atoms with Gasteiger partial charge in [-0.1, -0.05) is 23.4 Å². The fourth-order valence-corrected chi connectivity index (χ4v) is 3.17. The van der Waals surface area contributed by atoms with Crippen LogP contribution >= 0.6 is 11.6 Å². The smallest absolute Gasteiger partial charge is 0.250 e. The monoisotopic (exact) mass is 419 g/mol. The molecule has 2 aromatic heterocycles. The number of aromatic nitrogens is 4. The van der Waals surface area contributed by atoms with Gasteiger partial charge in [0.2, 0.25) is 5.91 Å². The first-order valence-corrected chi connectivity index (χ1v) is 8.93. The first kappa shape index (κ1) is 21.0. The molecule has 0 radical (unpaired) electrons. The van der Waals surface area contributed by atoms with Crippen molar-refractivity contribution in [3.05, 3.63) is 17.8 Å². The summed E-state index contributed by atoms with van der Waals surface area (Å²) < 4.78 is 12.9. The van der Waals surface area contributed by atoms with Crippen LogP contribution in [0.1, 0.15) is 6.23 Å². The van der Waals surface area contributed by atoms with Crippen LogP contribution in [0.4, 0.5) is 0 Å². The number of carbonyl (C=O) groups is 1. The summed E-state index contributed by atoms with van der Waals surface area (Å²) in [5.41, 5.74) is 0.686. The fourth-order valence-electron chi connectivity index (χ4n) is 2.99. The van der Waals surface area contributed by atoms with Gasteiger partial charge in [-0.25, -0.2) is 15.0 Å². The van der Waals surface area contributed by atoms with Crippen molar-refractivity contribution in [2.45, 2.75) is 24.5 Å². The van der Waals surface area contributed by atoms with E-state index in [1.165, 1.54) is 22.1 Å². The second kappa shape index (κ2) is 9.18. The molecule has 0 unspecified atom stereocenters. The van der Waals surface area contributed by atoms with E-state index < -0.39 is 43.7 Å². The minimum Gasteiger partial charge on any atom is -0.394 e. The van der Waals surface area contributed by atoms with Crippen LogP contribution in [-0.2, 0) is 14.3 Å². The van der Waals surface area contributed by atoms with Crippen LogP contribution in [0.15, 0.2) is 12.7 Å². The molecular weight excluding hydrogens is 402 g/mol. The van der Waals surface area contributed by atoms with E-state index in [4.69, 9.17) is 33.9 Å². The Bertz CT molecular complexity index is 952. The number of aliphatic hydroxyl groups excluding tert-OH is 2. The van der Waals surface area contributed by atoms with E-state index in [9.17, 15) is 15.0 Å². The molecule has 1 aliphatic rings. The number of hydrogen-bond acceptors (Lipinski definition) is 8. The Kier molecular flexibility index (Phi) is 6.64. The zero-order valence-electron chi connectivity index (χ0n) is 15.2. The molecule has 0 aliphatic carbocycles. The number of terminal acetylenes is 2. The van der Waals surface area contributed by atoms with Crippen molar-refractivity contribution < 1.29 is 24.5 Å². The van der Waals surface area contributed by atoms with Gasteiger partial charge in [-0.2, -0.15) is 0 Å². The molecule has 152 valence electrons. The van der Waals surface area contributed by atoms with Crippen LogP contribution in [0.25, 0.3) is 11.2 Å². The van der Waals surface area contributed by atoms with Crippen molar-refractivity contribution in [1.82, 2.24) is 24.4 Å². The van der Waals surface area contributed by atoms with Crippen LogP contribution < -0.4 is 0 Å². The molecule has 0 spiro atoms. The number of amides is 1. The summed E-state index contributed by atoms with van der Waals surface area (Å²) >= 11 is 6.02. The van der Waals surface area contributed by atoms with Gasteiger partial charge in [0.1, 0.15) is 36.8 Å². The maximum Gasteiger partial charge on any atom is 0.250 e. The van der Waals surface area contributed by atoms with Crippen molar-refractivity contribution in [1.29, 1.82) is 0 Å². The average Bonchev–Trinajstić information content (AvgIpc) is 3.27. The molecule has 0 saturated carbocycles. The van der Waals surface area contributed by atoms with Crippen molar-refractivity contribution in [3.63, 3.8) is 0 Å². The number of aliphatic hydroxyl groups is 2. The van der Waals surface area contributed by atoms with Gasteiger partial charge in [0.25, 0.3) is 0 Å². The second-order valence-electron chi connectivity index (χ2n) is 6.16. The van der Waals surface area contributed by atoms with E-state index in [-0.39, 0.29) is 18.2 Å². The maximum absolute atomic E-state index is 12.4. The Morgan fingerprint density at radius 1 is 1.34 bits per heavy atom. The highest BCUT2D eigenvalue weighted by Gasteiger charge is 2.46. The average molecular weight is 420 g/mol. The molecule has 1 aliphatic heterocycles. The topological polar surface area (TPSA) is 123 Å².